The van der Waals surface area contributed by atoms with Gasteiger partial charge in [0.2, 0.25) is 0 Å². The van der Waals surface area contributed by atoms with Gasteiger partial charge in [0.1, 0.15) is 6.10 Å². The molecular formula is C21H39ClO3. The zero-order chi connectivity index (χ0) is 18.3. The first kappa shape index (κ1) is 22.8. The van der Waals surface area contributed by atoms with E-state index in [0.29, 0.717) is 12.3 Å². The third kappa shape index (κ3) is 10.5. The number of hydrogen-bond acceptors (Lipinski definition) is 3. The molecule has 1 fully saturated rings. The third-order valence-electron chi connectivity index (χ3n) is 5.31. The van der Waals surface area contributed by atoms with E-state index >= 15 is 0 Å². The number of unbranched alkanes of at least 4 members (excludes halogenated alkanes) is 10. The normalized spacial score (nSPS) is 21.0. The molecule has 1 aliphatic rings. The van der Waals surface area contributed by atoms with Gasteiger partial charge in [-0.3, -0.25) is 4.79 Å². The maximum atomic E-state index is 11.6. The van der Waals surface area contributed by atoms with E-state index in [2.05, 4.69) is 6.92 Å². The van der Waals surface area contributed by atoms with E-state index in [0.717, 1.165) is 38.5 Å². The molecule has 0 saturated carbocycles. The summed E-state index contributed by atoms with van der Waals surface area (Å²) in [4.78, 5) is 11.6. The molecule has 0 aromatic carbocycles. The van der Waals surface area contributed by atoms with Crippen molar-refractivity contribution in [1.29, 1.82) is 0 Å². The molecule has 25 heavy (non-hydrogen) atoms. The molecule has 0 spiro atoms. The minimum absolute atomic E-state index is 0.00750. The molecule has 1 heterocycles. The summed E-state index contributed by atoms with van der Waals surface area (Å²) in [6, 6.07) is 0. The van der Waals surface area contributed by atoms with Crippen LogP contribution in [-0.2, 0) is 9.53 Å². The standard InChI is InChI=1S/C21H39ClO3/c1-2-3-4-5-6-7-8-9-11-14-18(23)17-20-19(21(24)25-20)15-12-10-13-16-22/h18-20,23H,2-17H2,1H3/t18-,19+,20+/m1/s1. The second-order valence-corrected chi connectivity index (χ2v) is 8.00. The highest BCUT2D eigenvalue weighted by molar-refractivity contribution is 6.17. The minimum atomic E-state index is -0.326. The summed E-state index contributed by atoms with van der Waals surface area (Å²) in [5.41, 5.74) is 0. The lowest BCUT2D eigenvalue weighted by atomic mass is 9.86. The van der Waals surface area contributed by atoms with Crippen molar-refractivity contribution in [2.45, 2.75) is 115 Å². The average Bonchev–Trinajstić information content (AvgIpc) is 2.59. The summed E-state index contributed by atoms with van der Waals surface area (Å²) in [7, 11) is 0. The van der Waals surface area contributed by atoms with Crippen LogP contribution in [0.5, 0.6) is 0 Å². The fraction of sp³-hybridized carbons (Fsp3) is 0.952. The summed E-state index contributed by atoms with van der Waals surface area (Å²) in [6.07, 6.45) is 16.7. The Morgan fingerprint density at radius 3 is 2.16 bits per heavy atom. The predicted molar refractivity (Wildman–Crippen MR) is 105 cm³/mol. The molecule has 0 radical (unpaired) electrons. The Bertz CT molecular complexity index is 335. The first-order valence-electron chi connectivity index (χ1n) is 10.6. The fourth-order valence-electron chi connectivity index (χ4n) is 3.63. The number of halogens is 1. The Morgan fingerprint density at radius 1 is 0.960 bits per heavy atom. The van der Waals surface area contributed by atoms with Gasteiger partial charge in [-0.15, -0.1) is 11.6 Å². The number of carbonyl (C=O) groups excluding carboxylic acids is 1. The van der Waals surface area contributed by atoms with Crippen LogP contribution in [0, 0.1) is 5.92 Å². The summed E-state index contributed by atoms with van der Waals surface area (Å²) in [5, 5.41) is 10.2. The van der Waals surface area contributed by atoms with Gasteiger partial charge in [0.25, 0.3) is 0 Å². The molecule has 0 aromatic heterocycles. The topological polar surface area (TPSA) is 46.5 Å². The van der Waals surface area contributed by atoms with Crippen molar-refractivity contribution in [3.05, 3.63) is 0 Å². The number of esters is 1. The number of aliphatic hydroxyl groups is 1. The van der Waals surface area contributed by atoms with Crippen LogP contribution in [0.15, 0.2) is 0 Å². The van der Waals surface area contributed by atoms with Crippen LogP contribution in [-0.4, -0.2) is 29.2 Å². The molecule has 148 valence electrons. The number of hydrogen-bond donors (Lipinski definition) is 1. The van der Waals surface area contributed by atoms with Crippen molar-refractivity contribution in [3.8, 4) is 0 Å². The molecule has 1 aliphatic heterocycles. The summed E-state index contributed by atoms with van der Waals surface area (Å²) in [6.45, 7) is 2.25. The van der Waals surface area contributed by atoms with Gasteiger partial charge in [-0.2, -0.15) is 0 Å². The van der Waals surface area contributed by atoms with Gasteiger partial charge in [0.15, 0.2) is 0 Å². The maximum Gasteiger partial charge on any atom is 0.313 e. The van der Waals surface area contributed by atoms with E-state index < -0.39 is 0 Å². The number of aliphatic hydroxyl groups excluding tert-OH is 1. The quantitative estimate of drug-likeness (QED) is 0.193. The van der Waals surface area contributed by atoms with Crippen LogP contribution in [0.1, 0.15) is 103 Å². The van der Waals surface area contributed by atoms with Crippen LogP contribution in [0.3, 0.4) is 0 Å². The second-order valence-electron chi connectivity index (χ2n) is 7.63. The molecular weight excluding hydrogens is 336 g/mol. The smallest absolute Gasteiger partial charge is 0.313 e. The molecule has 1 rings (SSSR count). The van der Waals surface area contributed by atoms with Gasteiger partial charge in [0, 0.05) is 12.3 Å². The second kappa shape index (κ2) is 14.8. The minimum Gasteiger partial charge on any atom is -0.461 e. The average molecular weight is 375 g/mol. The van der Waals surface area contributed by atoms with Crippen LogP contribution >= 0.6 is 11.6 Å². The van der Waals surface area contributed by atoms with Gasteiger partial charge in [-0.05, 0) is 19.3 Å². The Balaban J connectivity index is 1.98. The van der Waals surface area contributed by atoms with Gasteiger partial charge in [0.05, 0.1) is 12.0 Å². The largest absolute Gasteiger partial charge is 0.461 e. The van der Waals surface area contributed by atoms with Gasteiger partial charge < -0.3 is 9.84 Å². The Kier molecular flexibility index (Phi) is 13.5. The lowest BCUT2D eigenvalue weighted by molar-refractivity contribution is -0.188. The molecule has 1 saturated heterocycles. The lowest BCUT2D eigenvalue weighted by Crippen LogP contribution is -2.46. The molecule has 3 atom stereocenters. The number of carbonyl (C=O) groups is 1. The monoisotopic (exact) mass is 374 g/mol. The van der Waals surface area contributed by atoms with E-state index in [-0.39, 0.29) is 24.1 Å². The fourth-order valence-corrected chi connectivity index (χ4v) is 3.82. The van der Waals surface area contributed by atoms with Crippen molar-refractivity contribution < 1.29 is 14.6 Å². The Morgan fingerprint density at radius 2 is 1.56 bits per heavy atom. The van der Waals surface area contributed by atoms with Crippen molar-refractivity contribution in [2.24, 2.45) is 5.92 Å². The molecule has 4 heteroatoms. The van der Waals surface area contributed by atoms with Crippen molar-refractivity contribution >= 4 is 17.6 Å². The first-order valence-corrected chi connectivity index (χ1v) is 11.2. The molecule has 3 nitrogen and oxygen atoms in total. The highest BCUT2D eigenvalue weighted by Crippen LogP contribution is 2.31. The molecule has 0 aliphatic carbocycles. The van der Waals surface area contributed by atoms with E-state index in [1.165, 1.54) is 51.4 Å². The third-order valence-corrected chi connectivity index (χ3v) is 5.58. The predicted octanol–water partition coefficient (Wildman–Crippen LogP) is 6.00. The first-order chi connectivity index (χ1) is 12.2. The molecule has 0 amide bonds. The number of alkyl halides is 1. The van der Waals surface area contributed by atoms with E-state index in [9.17, 15) is 9.90 Å². The SMILES string of the molecule is CCCCCCCCCCC[C@@H](O)C[C@@H]1OC(=O)[C@H]1CCCCCCl. The number of cyclic esters (lactones) is 1. The zero-order valence-corrected chi connectivity index (χ0v) is 16.9. The molecule has 1 N–H and O–H groups in total. The van der Waals surface area contributed by atoms with Gasteiger partial charge in [-0.1, -0.05) is 77.6 Å². The Hall–Kier alpha value is -0.280. The van der Waals surface area contributed by atoms with Crippen LogP contribution in [0.4, 0.5) is 0 Å². The van der Waals surface area contributed by atoms with E-state index in [4.69, 9.17) is 16.3 Å². The highest BCUT2D eigenvalue weighted by atomic mass is 35.5. The van der Waals surface area contributed by atoms with Gasteiger partial charge in [-0.25, -0.2) is 0 Å². The maximum absolute atomic E-state index is 11.6. The lowest BCUT2D eigenvalue weighted by Gasteiger charge is -2.36. The van der Waals surface area contributed by atoms with Crippen LogP contribution in [0.25, 0.3) is 0 Å². The Labute approximate surface area is 159 Å². The highest BCUT2D eigenvalue weighted by Gasteiger charge is 2.42. The van der Waals surface area contributed by atoms with Crippen molar-refractivity contribution in [2.75, 3.05) is 5.88 Å². The zero-order valence-electron chi connectivity index (χ0n) is 16.2. The number of ether oxygens (including phenoxy) is 1. The summed E-state index contributed by atoms with van der Waals surface area (Å²) in [5.74, 6) is 0.620. The molecule has 0 aromatic rings. The summed E-state index contributed by atoms with van der Waals surface area (Å²) < 4.78 is 5.25. The van der Waals surface area contributed by atoms with Crippen LogP contribution in [0.2, 0.25) is 0 Å². The van der Waals surface area contributed by atoms with Crippen LogP contribution < -0.4 is 0 Å². The van der Waals surface area contributed by atoms with E-state index in [1.807, 2.05) is 0 Å². The summed E-state index contributed by atoms with van der Waals surface area (Å²) >= 11 is 5.67. The van der Waals surface area contributed by atoms with Gasteiger partial charge >= 0.3 is 5.97 Å². The van der Waals surface area contributed by atoms with Crippen molar-refractivity contribution in [1.82, 2.24) is 0 Å². The number of rotatable bonds is 17. The molecule has 0 unspecified atom stereocenters. The van der Waals surface area contributed by atoms with Crippen molar-refractivity contribution in [3.63, 3.8) is 0 Å². The van der Waals surface area contributed by atoms with E-state index in [1.54, 1.807) is 0 Å². The molecule has 0 bridgehead atoms.